The number of allylic oxidation sites excluding steroid dienone is 1. The summed E-state index contributed by atoms with van der Waals surface area (Å²) >= 11 is 6.25. The maximum atomic E-state index is 8.74. The van der Waals surface area contributed by atoms with E-state index in [9.17, 15) is 0 Å². The normalized spacial score (nSPS) is 15.5. The van der Waals surface area contributed by atoms with Crippen LogP contribution in [0.3, 0.4) is 0 Å². The molecule has 3 nitrogen and oxygen atoms in total. The van der Waals surface area contributed by atoms with Crippen molar-refractivity contribution in [3.63, 3.8) is 0 Å². The third-order valence-electron chi connectivity index (χ3n) is 5.79. The van der Waals surface area contributed by atoms with Crippen LogP contribution in [-0.2, 0) is 5.41 Å². The molecule has 0 amide bonds. The molecule has 1 aliphatic rings. The molecule has 2 aromatic rings. The largest absolute Gasteiger partial charge is 1.00 e. The summed E-state index contributed by atoms with van der Waals surface area (Å²) in [6, 6.07) is 15.0. The summed E-state index contributed by atoms with van der Waals surface area (Å²) in [7, 11) is 2.11. The highest BCUT2D eigenvalue weighted by molar-refractivity contribution is 6.30. The molecule has 5 heteroatoms. The Labute approximate surface area is 191 Å². The van der Waals surface area contributed by atoms with Crippen LogP contribution in [0.5, 0.6) is 0 Å². The summed E-state index contributed by atoms with van der Waals surface area (Å²) in [6.45, 7) is 8.73. The zero-order chi connectivity index (χ0) is 21.2. The van der Waals surface area contributed by atoms with Crippen LogP contribution in [0.25, 0.3) is 6.08 Å². The van der Waals surface area contributed by atoms with Gasteiger partial charge in [0.05, 0.1) is 11.5 Å². The summed E-state index contributed by atoms with van der Waals surface area (Å²) in [5, 5.41) is 13.0. The Hall–Kier alpha value is -2.28. The number of rotatable bonds is 6. The fourth-order valence-electron chi connectivity index (χ4n) is 4.07. The van der Waals surface area contributed by atoms with Gasteiger partial charge >= 0.3 is 0 Å². The molecule has 1 heterocycles. The van der Waals surface area contributed by atoms with Gasteiger partial charge in [0.1, 0.15) is 7.05 Å². The highest BCUT2D eigenvalue weighted by atomic mass is 35.5. The number of halogens is 2. The van der Waals surface area contributed by atoms with E-state index in [4.69, 9.17) is 16.9 Å². The average molecular weight is 442 g/mol. The van der Waals surface area contributed by atoms with Crippen molar-refractivity contribution >= 4 is 34.8 Å². The van der Waals surface area contributed by atoms with Gasteiger partial charge < -0.3 is 17.7 Å². The molecule has 2 aromatic carbocycles. The average Bonchev–Trinajstić information content (AvgIpc) is 2.85. The predicted octanol–water partition coefficient (Wildman–Crippen LogP) is 3.48. The zero-order valence-electron chi connectivity index (χ0n) is 18.3. The zero-order valence-corrected chi connectivity index (χ0v) is 19.8. The molecule has 30 heavy (non-hydrogen) atoms. The Kier molecular flexibility index (Phi) is 7.75. The standard InChI is InChI=1S/C25H28ClN3.ClH/c1-17-15-21(28-18(2)7-6-14-27)11-8-19(17)9-13-24-25(3,4)22-16-20(26)10-12-23(22)29(24)5;/h8-13,15-16,18H,6-7H2,1-5H3;1H. The van der Waals surface area contributed by atoms with Crippen LogP contribution in [-0.4, -0.2) is 23.4 Å². The van der Waals surface area contributed by atoms with Crippen molar-refractivity contribution in [2.24, 2.45) is 0 Å². The van der Waals surface area contributed by atoms with Crippen LogP contribution >= 0.6 is 11.6 Å². The number of nitrogens with one attached hydrogen (secondary N) is 1. The molecule has 0 saturated carbocycles. The minimum Gasteiger partial charge on any atom is -1.00 e. The molecule has 158 valence electrons. The van der Waals surface area contributed by atoms with Crippen LogP contribution in [0.15, 0.2) is 42.5 Å². The molecule has 1 aliphatic heterocycles. The number of hydrogen-bond donors (Lipinski definition) is 1. The number of aryl methyl sites for hydroxylation is 1. The second-order valence-corrected chi connectivity index (χ2v) is 8.81. The Balaban J connectivity index is 0.00000320. The van der Waals surface area contributed by atoms with Gasteiger partial charge in [0, 0.05) is 40.9 Å². The van der Waals surface area contributed by atoms with E-state index in [1.807, 2.05) is 6.07 Å². The first-order valence-electron chi connectivity index (χ1n) is 10.1. The van der Waals surface area contributed by atoms with E-state index < -0.39 is 0 Å². The molecule has 0 saturated heterocycles. The molecular weight excluding hydrogens is 413 g/mol. The van der Waals surface area contributed by atoms with Gasteiger partial charge in [0.2, 0.25) is 5.69 Å². The molecular formula is C25H29Cl2N3. The maximum absolute atomic E-state index is 8.74. The SMILES string of the molecule is Cc1cc(NC(C)CCC#N)ccc1/C=C/C1=[N+](C)c2ccc(Cl)cc2C1(C)C.[Cl-]. The van der Waals surface area contributed by atoms with E-state index in [0.29, 0.717) is 6.42 Å². The van der Waals surface area contributed by atoms with Gasteiger partial charge in [0.25, 0.3) is 0 Å². The van der Waals surface area contributed by atoms with Crippen molar-refractivity contribution in [2.45, 2.75) is 52.0 Å². The third kappa shape index (κ3) is 4.89. The van der Waals surface area contributed by atoms with Gasteiger partial charge in [-0.2, -0.15) is 9.84 Å². The molecule has 1 atom stereocenters. The number of benzene rings is 2. The molecule has 0 aliphatic carbocycles. The van der Waals surface area contributed by atoms with Crippen molar-refractivity contribution in [3.05, 3.63) is 64.2 Å². The summed E-state index contributed by atoms with van der Waals surface area (Å²) in [5.41, 5.74) is 7.14. The Bertz CT molecular complexity index is 1030. The molecule has 3 rings (SSSR count). The summed E-state index contributed by atoms with van der Waals surface area (Å²) in [6.07, 6.45) is 5.84. The van der Waals surface area contributed by atoms with Crippen LogP contribution in [0, 0.1) is 18.3 Å². The van der Waals surface area contributed by atoms with E-state index in [0.717, 1.165) is 17.1 Å². The molecule has 0 fully saturated rings. The van der Waals surface area contributed by atoms with E-state index in [-0.39, 0.29) is 23.9 Å². The van der Waals surface area contributed by atoms with E-state index in [1.54, 1.807) is 0 Å². The molecule has 0 spiro atoms. The topological polar surface area (TPSA) is 38.8 Å². The predicted molar refractivity (Wildman–Crippen MR) is 123 cm³/mol. The molecule has 0 bridgehead atoms. The fraction of sp³-hybridized carbons (Fsp3) is 0.360. The lowest BCUT2D eigenvalue weighted by Gasteiger charge is -2.16. The van der Waals surface area contributed by atoms with Crippen LogP contribution in [0.2, 0.25) is 5.02 Å². The maximum Gasteiger partial charge on any atom is 0.209 e. The first-order chi connectivity index (χ1) is 13.7. The van der Waals surface area contributed by atoms with Gasteiger partial charge in [-0.15, -0.1) is 0 Å². The molecule has 1 unspecified atom stereocenters. The van der Waals surface area contributed by atoms with Crippen molar-refractivity contribution in [3.8, 4) is 6.07 Å². The Morgan fingerprint density at radius 2 is 1.93 bits per heavy atom. The van der Waals surface area contributed by atoms with Gasteiger partial charge in [-0.1, -0.05) is 17.7 Å². The number of nitriles is 1. The summed E-state index contributed by atoms with van der Waals surface area (Å²) in [5.74, 6) is 0. The molecule has 0 aromatic heterocycles. The van der Waals surface area contributed by atoms with Gasteiger partial charge in [-0.25, -0.2) is 0 Å². The number of nitrogens with zero attached hydrogens (tertiary/aromatic N) is 2. The van der Waals surface area contributed by atoms with Crippen molar-refractivity contribution in [1.82, 2.24) is 0 Å². The molecule has 1 N–H and O–H groups in total. The second-order valence-electron chi connectivity index (χ2n) is 8.38. The van der Waals surface area contributed by atoms with Crippen LogP contribution in [0.1, 0.15) is 50.3 Å². The smallest absolute Gasteiger partial charge is 0.209 e. The monoisotopic (exact) mass is 441 g/mol. The van der Waals surface area contributed by atoms with Crippen LogP contribution < -0.4 is 17.7 Å². The number of fused-ring (bicyclic) bond motifs is 1. The van der Waals surface area contributed by atoms with E-state index in [1.165, 1.54) is 28.1 Å². The molecule has 0 radical (unpaired) electrons. The number of anilines is 1. The highest BCUT2D eigenvalue weighted by Crippen LogP contribution is 2.40. The van der Waals surface area contributed by atoms with Crippen molar-refractivity contribution in [1.29, 1.82) is 5.26 Å². The van der Waals surface area contributed by atoms with Crippen molar-refractivity contribution in [2.75, 3.05) is 12.4 Å². The van der Waals surface area contributed by atoms with Gasteiger partial charge in [-0.05, 0) is 75.6 Å². The lowest BCUT2D eigenvalue weighted by Crippen LogP contribution is -3.00. The quantitative estimate of drug-likeness (QED) is 0.696. The summed E-state index contributed by atoms with van der Waals surface area (Å²) < 4.78 is 2.25. The first-order valence-corrected chi connectivity index (χ1v) is 10.4. The van der Waals surface area contributed by atoms with Gasteiger partial charge in [0.15, 0.2) is 5.71 Å². The lowest BCUT2D eigenvalue weighted by molar-refractivity contribution is -0.401. The lowest BCUT2D eigenvalue weighted by atomic mass is 9.81. The van der Waals surface area contributed by atoms with Crippen LogP contribution in [0.4, 0.5) is 11.4 Å². The van der Waals surface area contributed by atoms with E-state index in [2.05, 4.69) is 93.2 Å². The van der Waals surface area contributed by atoms with Crippen molar-refractivity contribution < 1.29 is 17.0 Å². The Morgan fingerprint density at radius 1 is 1.20 bits per heavy atom. The minimum atomic E-state index is -0.100. The minimum absolute atomic E-state index is 0. The van der Waals surface area contributed by atoms with Gasteiger partial charge in [-0.3, -0.25) is 0 Å². The Morgan fingerprint density at radius 3 is 2.60 bits per heavy atom. The highest BCUT2D eigenvalue weighted by Gasteiger charge is 2.42. The fourth-order valence-corrected chi connectivity index (χ4v) is 4.24. The second kappa shape index (κ2) is 9.69. The first kappa shape index (κ1) is 24.0. The summed E-state index contributed by atoms with van der Waals surface area (Å²) in [4.78, 5) is 0. The number of hydrogen-bond acceptors (Lipinski definition) is 2. The third-order valence-corrected chi connectivity index (χ3v) is 6.02. The van der Waals surface area contributed by atoms with E-state index >= 15 is 0 Å².